The van der Waals surface area contributed by atoms with E-state index in [9.17, 15) is 4.79 Å². The van der Waals surface area contributed by atoms with Gasteiger partial charge in [0.2, 0.25) is 0 Å². The number of rotatable bonds is 6. The highest BCUT2D eigenvalue weighted by molar-refractivity contribution is 5.94. The van der Waals surface area contributed by atoms with E-state index in [1.165, 1.54) is 5.56 Å². The van der Waals surface area contributed by atoms with Crippen LogP contribution in [0.2, 0.25) is 0 Å². The van der Waals surface area contributed by atoms with Crippen LogP contribution in [0.3, 0.4) is 0 Å². The van der Waals surface area contributed by atoms with Crippen LogP contribution < -0.4 is 15.0 Å². The predicted octanol–water partition coefficient (Wildman–Crippen LogP) is 3.00. The van der Waals surface area contributed by atoms with E-state index in [0.717, 1.165) is 31.1 Å². The molecule has 1 amide bonds. The van der Waals surface area contributed by atoms with Crippen LogP contribution in [-0.2, 0) is 0 Å². The molecule has 0 aliphatic carbocycles. The maximum absolute atomic E-state index is 11.9. The second-order valence-corrected chi connectivity index (χ2v) is 6.08. The molecule has 1 atom stereocenters. The largest absolute Gasteiger partial charge is 0.496 e. The average Bonchev–Trinajstić information content (AvgIpc) is 3.16. The third-order valence-corrected chi connectivity index (χ3v) is 4.51. The van der Waals surface area contributed by atoms with Gasteiger partial charge in [-0.3, -0.25) is 4.79 Å². The first-order valence-electron chi connectivity index (χ1n) is 8.46. The third-order valence-electron chi connectivity index (χ3n) is 4.51. The van der Waals surface area contributed by atoms with Gasteiger partial charge in [-0.05, 0) is 30.2 Å². The van der Waals surface area contributed by atoms with Gasteiger partial charge >= 0.3 is 0 Å². The number of pyridine rings is 1. The Hall–Kier alpha value is -2.82. The Labute approximate surface area is 148 Å². The van der Waals surface area contributed by atoms with E-state index in [1.54, 1.807) is 19.4 Å². The number of carbonyl (C=O) groups excluding carboxylic acids is 1. The van der Waals surface area contributed by atoms with E-state index < -0.39 is 0 Å². The highest BCUT2D eigenvalue weighted by Crippen LogP contribution is 2.34. The van der Waals surface area contributed by atoms with E-state index in [1.807, 2.05) is 24.3 Å². The minimum Gasteiger partial charge on any atom is -0.496 e. The van der Waals surface area contributed by atoms with Crippen LogP contribution in [0.1, 0.15) is 28.3 Å². The summed E-state index contributed by atoms with van der Waals surface area (Å²) in [6, 6.07) is 11.9. The molecular weight excluding hydrogens is 314 g/mol. The molecule has 1 unspecified atom stereocenters. The smallest absolute Gasteiger partial charge is 0.253 e. The van der Waals surface area contributed by atoms with Gasteiger partial charge in [0.1, 0.15) is 11.6 Å². The summed E-state index contributed by atoms with van der Waals surface area (Å²) < 4.78 is 5.49. The number of anilines is 1. The molecular formula is C20H23N3O2. The molecule has 3 rings (SSSR count). The van der Waals surface area contributed by atoms with Gasteiger partial charge in [0, 0.05) is 31.7 Å². The van der Waals surface area contributed by atoms with Crippen molar-refractivity contribution in [2.45, 2.75) is 12.3 Å². The molecule has 2 heterocycles. The van der Waals surface area contributed by atoms with E-state index in [-0.39, 0.29) is 5.91 Å². The lowest BCUT2D eigenvalue weighted by atomic mass is 9.97. The van der Waals surface area contributed by atoms with Crippen LogP contribution in [0.15, 0.2) is 55.3 Å². The molecule has 0 spiro atoms. The van der Waals surface area contributed by atoms with Gasteiger partial charge in [0.25, 0.3) is 5.91 Å². The molecule has 0 saturated carbocycles. The van der Waals surface area contributed by atoms with Crippen molar-refractivity contribution in [1.29, 1.82) is 0 Å². The van der Waals surface area contributed by atoms with Crippen molar-refractivity contribution in [2.24, 2.45) is 0 Å². The van der Waals surface area contributed by atoms with Crippen molar-refractivity contribution >= 4 is 11.7 Å². The van der Waals surface area contributed by atoms with Crippen LogP contribution in [0.5, 0.6) is 5.75 Å². The van der Waals surface area contributed by atoms with Gasteiger partial charge in [-0.15, -0.1) is 6.58 Å². The minimum absolute atomic E-state index is 0.132. The molecule has 1 aromatic heterocycles. The van der Waals surface area contributed by atoms with Crippen molar-refractivity contribution in [3.8, 4) is 5.75 Å². The molecule has 130 valence electrons. The van der Waals surface area contributed by atoms with E-state index in [4.69, 9.17) is 4.74 Å². The van der Waals surface area contributed by atoms with Crippen LogP contribution in [0.25, 0.3) is 0 Å². The molecule has 0 radical (unpaired) electrons. The molecule has 1 aliphatic rings. The molecule has 2 aromatic rings. The fourth-order valence-corrected chi connectivity index (χ4v) is 3.20. The molecule has 5 heteroatoms. The van der Waals surface area contributed by atoms with Crippen molar-refractivity contribution < 1.29 is 9.53 Å². The summed E-state index contributed by atoms with van der Waals surface area (Å²) in [4.78, 5) is 18.6. The zero-order chi connectivity index (χ0) is 17.6. The Kier molecular flexibility index (Phi) is 5.33. The Morgan fingerprint density at radius 2 is 2.24 bits per heavy atom. The fourth-order valence-electron chi connectivity index (χ4n) is 3.20. The van der Waals surface area contributed by atoms with Crippen molar-refractivity contribution in [2.75, 3.05) is 31.6 Å². The number of nitrogens with one attached hydrogen (secondary N) is 1. The van der Waals surface area contributed by atoms with Crippen molar-refractivity contribution in [3.05, 3.63) is 66.4 Å². The second-order valence-electron chi connectivity index (χ2n) is 6.08. The first-order chi connectivity index (χ1) is 12.2. The highest BCUT2D eigenvalue weighted by atomic mass is 16.5. The molecule has 25 heavy (non-hydrogen) atoms. The number of aromatic nitrogens is 1. The van der Waals surface area contributed by atoms with E-state index >= 15 is 0 Å². The van der Waals surface area contributed by atoms with E-state index in [0.29, 0.717) is 18.0 Å². The Morgan fingerprint density at radius 3 is 2.96 bits per heavy atom. The van der Waals surface area contributed by atoms with Crippen LogP contribution >= 0.6 is 0 Å². The molecule has 1 fully saturated rings. The van der Waals surface area contributed by atoms with E-state index in [2.05, 4.69) is 33.9 Å². The topological polar surface area (TPSA) is 54.5 Å². The lowest BCUT2D eigenvalue weighted by molar-refractivity contribution is 0.0957. The Bertz CT molecular complexity index is 743. The highest BCUT2D eigenvalue weighted by Gasteiger charge is 2.26. The normalized spacial score (nSPS) is 16.5. The lowest BCUT2D eigenvalue weighted by Gasteiger charge is -2.19. The SMILES string of the molecule is C=CCNC(=O)c1ccc(N2CCC(c3ccccc3OC)C2)nc1. The molecule has 1 N–H and O–H groups in total. The Morgan fingerprint density at radius 1 is 1.40 bits per heavy atom. The van der Waals surface area contributed by atoms with Crippen molar-refractivity contribution in [3.63, 3.8) is 0 Å². The first-order valence-corrected chi connectivity index (χ1v) is 8.46. The van der Waals surface area contributed by atoms with Gasteiger partial charge in [0.15, 0.2) is 0 Å². The monoisotopic (exact) mass is 337 g/mol. The number of benzene rings is 1. The second kappa shape index (κ2) is 7.83. The number of para-hydroxylation sites is 1. The number of methoxy groups -OCH3 is 1. The summed E-state index contributed by atoms with van der Waals surface area (Å²) in [5.41, 5.74) is 1.80. The molecule has 1 aliphatic heterocycles. The van der Waals surface area contributed by atoms with Gasteiger partial charge in [-0.25, -0.2) is 4.98 Å². The fraction of sp³-hybridized carbons (Fsp3) is 0.300. The summed E-state index contributed by atoms with van der Waals surface area (Å²) in [5, 5.41) is 2.75. The summed E-state index contributed by atoms with van der Waals surface area (Å²) in [6.07, 6.45) is 4.34. The van der Waals surface area contributed by atoms with Crippen LogP contribution in [0, 0.1) is 0 Å². The maximum Gasteiger partial charge on any atom is 0.253 e. The summed E-state index contributed by atoms with van der Waals surface area (Å²) in [7, 11) is 1.71. The predicted molar refractivity (Wildman–Crippen MR) is 99.3 cm³/mol. The van der Waals surface area contributed by atoms with Crippen molar-refractivity contribution in [1.82, 2.24) is 10.3 Å². The van der Waals surface area contributed by atoms with Crippen LogP contribution in [-0.4, -0.2) is 37.6 Å². The molecule has 5 nitrogen and oxygen atoms in total. The van der Waals surface area contributed by atoms with Gasteiger partial charge in [0.05, 0.1) is 12.7 Å². The average molecular weight is 337 g/mol. The standard InChI is InChI=1S/C20H23N3O2/c1-3-11-21-20(24)15-8-9-19(22-13-15)23-12-10-16(14-23)17-6-4-5-7-18(17)25-2/h3-9,13,16H,1,10-12,14H2,2H3,(H,21,24). The molecule has 1 saturated heterocycles. The summed E-state index contributed by atoms with van der Waals surface area (Å²) >= 11 is 0. The number of ether oxygens (including phenoxy) is 1. The Balaban J connectivity index is 1.68. The number of hydrogen-bond donors (Lipinski definition) is 1. The minimum atomic E-state index is -0.132. The summed E-state index contributed by atoms with van der Waals surface area (Å²) in [5.74, 6) is 2.13. The number of hydrogen-bond acceptors (Lipinski definition) is 4. The first kappa shape index (κ1) is 17.0. The van der Waals surface area contributed by atoms with Gasteiger partial charge in [-0.1, -0.05) is 24.3 Å². The number of amides is 1. The van der Waals surface area contributed by atoms with Gasteiger partial charge in [-0.2, -0.15) is 0 Å². The molecule has 1 aromatic carbocycles. The molecule has 0 bridgehead atoms. The third kappa shape index (κ3) is 3.82. The quantitative estimate of drug-likeness (QED) is 0.824. The maximum atomic E-state index is 11.9. The zero-order valence-electron chi connectivity index (χ0n) is 14.4. The number of nitrogens with zero attached hydrogens (tertiary/aromatic N) is 2. The summed E-state index contributed by atoms with van der Waals surface area (Å²) in [6.45, 7) is 5.88. The van der Waals surface area contributed by atoms with Crippen LogP contribution in [0.4, 0.5) is 5.82 Å². The number of carbonyl (C=O) groups is 1. The lowest BCUT2D eigenvalue weighted by Crippen LogP contribution is -2.24. The van der Waals surface area contributed by atoms with Gasteiger partial charge < -0.3 is 15.0 Å². The zero-order valence-corrected chi connectivity index (χ0v) is 14.4.